The topological polar surface area (TPSA) is 214 Å². The molecule has 0 aliphatic heterocycles. The van der Waals surface area contributed by atoms with E-state index in [9.17, 15) is 34.2 Å². The van der Waals surface area contributed by atoms with Gasteiger partial charge < -0.3 is 37.6 Å². The number of carboxylic acids is 1. The molecule has 184 valence electrons. The third-order valence-electron chi connectivity index (χ3n) is 5.44. The van der Waals surface area contributed by atoms with E-state index < -0.39 is 72.2 Å². The van der Waals surface area contributed by atoms with Crippen LogP contribution in [-0.4, -0.2) is 70.1 Å². The first-order valence-corrected chi connectivity index (χ1v) is 10.6. The molecule has 0 aromatic carbocycles. The number of aliphatic hydroxyl groups is 1. The summed E-state index contributed by atoms with van der Waals surface area (Å²) in [6.45, 7) is 8.19. The van der Waals surface area contributed by atoms with Crippen LogP contribution in [0.15, 0.2) is 0 Å². The highest BCUT2D eigenvalue weighted by molar-refractivity contribution is 5.96. The van der Waals surface area contributed by atoms with E-state index in [-0.39, 0.29) is 5.92 Å². The highest BCUT2D eigenvalue weighted by Gasteiger charge is 2.34. The first kappa shape index (κ1) is 29.3. The fourth-order valence-electron chi connectivity index (χ4n) is 2.78. The lowest BCUT2D eigenvalue weighted by molar-refractivity contribution is -0.144. The molecule has 0 aliphatic carbocycles. The number of nitrogens with two attached hydrogens (primary N) is 2. The highest BCUT2D eigenvalue weighted by Crippen LogP contribution is 2.09. The summed E-state index contributed by atoms with van der Waals surface area (Å²) in [5, 5.41) is 26.3. The van der Waals surface area contributed by atoms with Gasteiger partial charge in [-0.3, -0.25) is 19.2 Å². The fourth-order valence-corrected chi connectivity index (χ4v) is 2.78. The van der Waals surface area contributed by atoms with E-state index in [4.69, 9.17) is 11.5 Å². The Balaban J connectivity index is 5.53. The van der Waals surface area contributed by atoms with Gasteiger partial charge in [0.25, 0.3) is 0 Å². The quantitative estimate of drug-likeness (QED) is 0.157. The molecular formula is C20H37N5O7. The van der Waals surface area contributed by atoms with Crippen molar-refractivity contribution in [3.63, 3.8) is 0 Å². The molecule has 7 atom stereocenters. The maximum absolute atomic E-state index is 12.7. The van der Waals surface area contributed by atoms with Gasteiger partial charge in [0.15, 0.2) is 0 Å². The van der Waals surface area contributed by atoms with Crippen LogP contribution in [0.2, 0.25) is 0 Å². The summed E-state index contributed by atoms with van der Waals surface area (Å²) in [5.41, 5.74) is 11.0. The summed E-state index contributed by atoms with van der Waals surface area (Å²) in [4.78, 5) is 60.6. The second-order valence-corrected chi connectivity index (χ2v) is 8.08. The number of nitrogens with one attached hydrogen (secondary N) is 3. The van der Waals surface area contributed by atoms with Crippen molar-refractivity contribution < 1.29 is 34.2 Å². The number of hydrogen-bond acceptors (Lipinski definition) is 7. The molecule has 0 saturated carbocycles. The van der Waals surface area contributed by atoms with Gasteiger partial charge in [-0.1, -0.05) is 40.5 Å². The second kappa shape index (κ2) is 13.6. The Morgan fingerprint density at radius 3 is 1.72 bits per heavy atom. The van der Waals surface area contributed by atoms with Gasteiger partial charge in [-0.2, -0.15) is 0 Å². The molecule has 0 saturated heterocycles. The molecule has 0 aromatic rings. The van der Waals surface area contributed by atoms with E-state index in [0.29, 0.717) is 12.8 Å². The monoisotopic (exact) mass is 459 g/mol. The maximum Gasteiger partial charge on any atom is 0.326 e. The molecule has 0 aromatic heterocycles. The van der Waals surface area contributed by atoms with Gasteiger partial charge in [-0.15, -0.1) is 0 Å². The van der Waals surface area contributed by atoms with Gasteiger partial charge in [-0.25, -0.2) is 4.79 Å². The summed E-state index contributed by atoms with van der Waals surface area (Å²) in [6.07, 6.45) is -0.903. The van der Waals surface area contributed by atoms with Gasteiger partial charge in [0.1, 0.15) is 18.1 Å². The van der Waals surface area contributed by atoms with E-state index in [1.165, 1.54) is 6.92 Å². The normalized spacial score (nSPS) is 17.6. The zero-order chi connectivity index (χ0) is 25.2. The molecule has 0 radical (unpaired) electrons. The molecule has 0 heterocycles. The number of carboxylic acid groups (broad SMARTS) is 1. The zero-order valence-corrected chi connectivity index (χ0v) is 19.3. The Kier molecular flexibility index (Phi) is 12.5. The minimum absolute atomic E-state index is 0.197. The fraction of sp³-hybridized carbons (Fsp3) is 0.750. The third kappa shape index (κ3) is 9.18. The third-order valence-corrected chi connectivity index (χ3v) is 5.44. The molecular weight excluding hydrogens is 422 g/mol. The summed E-state index contributed by atoms with van der Waals surface area (Å²) in [7, 11) is 0. The number of primary amides is 1. The Morgan fingerprint density at radius 1 is 0.812 bits per heavy atom. The number of aliphatic hydroxyl groups excluding tert-OH is 1. The predicted molar refractivity (Wildman–Crippen MR) is 116 cm³/mol. The number of carbonyl (C=O) groups excluding carboxylic acids is 4. The SMILES string of the molecule is CCC(C)C(N)C(=O)NC(CC(N)=O)C(=O)NC(C(=O)NC(C(=O)O)C(C)CC)C(C)O. The van der Waals surface area contributed by atoms with Crippen molar-refractivity contribution in [2.24, 2.45) is 23.3 Å². The zero-order valence-electron chi connectivity index (χ0n) is 19.3. The summed E-state index contributed by atoms with van der Waals surface area (Å²) >= 11 is 0. The second-order valence-electron chi connectivity index (χ2n) is 8.08. The number of rotatable bonds is 14. The molecule has 0 aliphatic rings. The molecule has 12 nitrogen and oxygen atoms in total. The largest absolute Gasteiger partial charge is 0.480 e. The average molecular weight is 460 g/mol. The van der Waals surface area contributed by atoms with Gasteiger partial charge in [0.05, 0.1) is 18.6 Å². The average Bonchev–Trinajstić information content (AvgIpc) is 2.72. The van der Waals surface area contributed by atoms with E-state index in [2.05, 4.69) is 16.0 Å². The van der Waals surface area contributed by atoms with Crippen molar-refractivity contribution in [3.8, 4) is 0 Å². The van der Waals surface area contributed by atoms with Gasteiger partial charge in [0, 0.05) is 0 Å². The Bertz CT molecular complexity index is 685. The molecule has 4 amide bonds. The lowest BCUT2D eigenvalue weighted by Crippen LogP contribution is -2.61. The molecule has 0 spiro atoms. The molecule has 7 unspecified atom stereocenters. The van der Waals surface area contributed by atoms with Crippen molar-refractivity contribution in [2.75, 3.05) is 0 Å². The van der Waals surface area contributed by atoms with Crippen molar-refractivity contribution in [1.29, 1.82) is 0 Å². The van der Waals surface area contributed by atoms with Crippen molar-refractivity contribution in [3.05, 3.63) is 0 Å². The lowest BCUT2D eigenvalue weighted by atomic mass is 9.98. The number of amides is 4. The van der Waals surface area contributed by atoms with Crippen LogP contribution in [0, 0.1) is 11.8 Å². The van der Waals surface area contributed by atoms with E-state index >= 15 is 0 Å². The van der Waals surface area contributed by atoms with Crippen LogP contribution < -0.4 is 27.4 Å². The van der Waals surface area contributed by atoms with Crippen LogP contribution >= 0.6 is 0 Å². The van der Waals surface area contributed by atoms with Crippen LogP contribution in [0.5, 0.6) is 0 Å². The Morgan fingerprint density at radius 2 is 1.31 bits per heavy atom. The first-order valence-electron chi connectivity index (χ1n) is 10.6. The van der Waals surface area contributed by atoms with Crippen LogP contribution in [0.1, 0.15) is 53.9 Å². The predicted octanol–water partition coefficient (Wildman–Crippen LogP) is -1.80. The Hall–Kier alpha value is -2.73. The number of hydrogen-bond donors (Lipinski definition) is 7. The first-order chi connectivity index (χ1) is 14.8. The Labute approximate surface area is 187 Å². The number of aliphatic carboxylic acids is 1. The lowest BCUT2D eigenvalue weighted by Gasteiger charge is -2.27. The molecule has 0 bridgehead atoms. The van der Waals surface area contributed by atoms with Gasteiger partial charge in [0.2, 0.25) is 23.6 Å². The van der Waals surface area contributed by atoms with E-state index in [1.807, 2.05) is 6.92 Å². The molecule has 9 N–H and O–H groups in total. The maximum atomic E-state index is 12.7. The van der Waals surface area contributed by atoms with E-state index in [1.54, 1.807) is 20.8 Å². The van der Waals surface area contributed by atoms with Crippen LogP contribution in [0.3, 0.4) is 0 Å². The van der Waals surface area contributed by atoms with Crippen molar-refractivity contribution in [1.82, 2.24) is 16.0 Å². The minimum atomic E-state index is -1.54. The van der Waals surface area contributed by atoms with E-state index in [0.717, 1.165) is 0 Å². The van der Waals surface area contributed by atoms with Crippen LogP contribution in [0.25, 0.3) is 0 Å². The number of carbonyl (C=O) groups is 5. The van der Waals surface area contributed by atoms with Crippen LogP contribution in [0.4, 0.5) is 0 Å². The van der Waals surface area contributed by atoms with Crippen molar-refractivity contribution >= 4 is 29.6 Å². The smallest absolute Gasteiger partial charge is 0.326 e. The molecule has 0 fully saturated rings. The molecule has 0 rings (SSSR count). The standard InChI is InChI=1S/C20H37N5O7/c1-6-9(3)14(22)18(29)23-12(8-13(21)27)17(28)25-16(11(5)26)19(30)24-15(20(31)32)10(4)7-2/h9-12,14-16,26H,6-8,22H2,1-5H3,(H2,21,27)(H,23,29)(H,24,30)(H,25,28)(H,31,32). The summed E-state index contributed by atoms with van der Waals surface area (Å²) in [6, 6.07) is -5.15. The molecule has 32 heavy (non-hydrogen) atoms. The minimum Gasteiger partial charge on any atom is -0.480 e. The molecule has 12 heteroatoms. The highest BCUT2D eigenvalue weighted by atomic mass is 16.4. The van der Waals surface area contributed by atoms with Crippen molar-refractivity contribution in [2.45, 2.75) is 84.2 Å². The summed E-state index contributed by atoms with van der Waals surface area (Å²) in [5.74, 6) is -5.32. The van der Waals surface area contributed by atoms with Gasteiger partial charge >= 0.3 is 5.97 Å². The van der Waals surface area contributed by atoms with Gasteiger partial charge in [-0.05, 0) is 18.8 Å². The van der Waals surface area contributed by atoms with Crippen LogP contribution in [-0.2, 0) is 24.0 Å². The summed E-state index contributed by atoms with van der Waals surface area (Å²) < 4.78 is 0.